The first-order valence-corrected chi connectivity index (χ1v) is 6.68. The van der Waals surface area contributed by atoms with Gasteiger partial charge in [-0.2, -0.15) is 0 Å². The van der Waals surface area contributed by atoms with E-state index in [2.05, 4.69) is 21.7 Å². The summed E-state index contributed by atoms with van der Waals surface area (Å²) >= 11 is 0. The summed E-state index contributed by atoms with van der Waals surface area (Å²) in [6.45, 7) is 1.50. The first-order valence-electron chi connectivity index (χ1n) is 6.68. The standard InChI is InChI=1S/C15H17N3O/c19-15-14(6-3-8-17-15)18-10-11-7-9-16-13-5-2-1-4-12(11)13/h1-2,4-5,7,9,14,18H,3,6,8,10H2,(H,17,19). The predicted octanol–water partition coefficient (Wildman–Crippen LogP) is 1.60. The van der Waals surface area contributed by atoms with Crippen molar-refractivity contribution in [3.8, 4) is 0 Å². The number of para-hydroxylation sites is 1. The molecule has 0 spiro atoms. The quantitative estimate of drug-likeness (QED) is 0.876. The third-order valence-corrected chi connectivity index (χ3v) is 3.56. The number of hydrogen-bond acceptors (Lipinski definition) is 3. The van der Waals surface area contributed by atoms with Crippen LogP contribution in [0.3, 0.4) is 0 Å². The number of piperidine rings is 1. The van der Waals surface area contributed by atoms with E-state index in [0.717, 1.165) is 30.3 Å². The van der Waals surface area contributed by atoms with Gasteiger partial charge < -0.3 is 10.6 Å². The molecule has 0 aliphatic carbocycles. The number of carbonyl (C=O) groups is 1. The summed E-state index contributed by atoms with van der Waals surface area (Å²) in [6, 6.07) is 10.0. The zero-order chi connectivity index (χ0) is 13.1. The number of carbonyl (C=O) groups excluding carboxylic acids is 1. The van der Waals surface area contributed by atoms with Crippen molar-refractivity contribution in [2.75, 3.05) is 6.54 Å². The van der Waals surface area contributed by atoms with Crippen LogP contribution in [-0.4, -0.2) is 23.5 Å². The molecule has 0 radical (unpaired) electrons. The molecular formula is C15H17N3O. The lowest BCUT2D eigenvalue weighted by molar-refractivity contribution is -0.124. The van der Waals surface area contributed by atoms with E-state index in [0.29, 0.717) is 6.54 Å². The second kappa shape index (κ2) is 5.36. The lowest BCUT2D eigenvalue weighted by Crippen LogP contribution is -2.47. The van der Waals surface area contributed by atoms with Gasteiger partial charge in [0.25, 0.3) is 0 Å². The van der Waals surface area contributed by atoms with Gasteiger partial charge in [0.1, 0.15) is 0 Å². The van der Waals surface area contributed by atoms with Crippen LogP contribution in [0.4, 0.5) is 0 Å². The van der Waals surface area contributed by atoms with Gasteiger partial charge in [-0.05, 0) is 30.5 Å². The minimum absolute atomic E-state index is 0.0688. The zero-order valence-corrected chi connectivity index (χ0v) is 10.7. The Balaban J connectivity index is 1.76. The Labute approximate surface area is 112 Å². The Morgan fingerprint density at radius 2 is 2.21 bits per heavy atom. The first-order chi connectivity index (χ1) is 9.34. The summed E-state index contributed by atoms with van der Waals surface area (Å²) in [4.78, 5) is 16.0. The molecule has 2 aromatic rings. The number of rotatable bonds is 3. The number of fused-ring (bicyclic) bond motifs is 1. The van der Waals surface area contributed by atoms with E-state index < -0.39 is 0 Å². The van der Waals surface area contributed by atoms with Crippen molar-refractivity contribution in [3.05, 3.63) is 42.1 Å². The molecule has 1 amide bonds. The van der Waals surface area contributed by atoms with Crippen LogP contribution in [0, 0.1) is 0 Å². The van der Waals surface area contributed by atoms with E-state index >= 15 is 0 Å². The van der Waals surface area contributed by atoms with Crippen LogP contribution < -0.4 is 10.6 Å². The molecule has 0 bridgehead atoms. The van der Waals surface area contributed by atoms with Gasteiger partial charge in [0.15, 0.2) is 0 Å². The van der Waals surface area contributed by atoms with Gasteiger partial charge in [0.05, 0.1) is 11.6 Å². The lowest BCUT2D eigenvalue weighted by Gasteiger charge is -2.23. The number of pyridine rings is 1. The van der Waals surface area contributed by atoms with Crippen molar-refractivity contribution in [1.82, 2.24) is 15.6 Å². The highest BCUT2D eigenvalue weighted by atomic mass is 16.2. The van der Waals surface area contributed by atoms with Crippen molar-refractivity contribution in [2.45, 2.75) is 25.4 Å². The second-order valence-corrected chi connectivity index (χ2v) is 4.85. The fourth-order valence-electron chi connectivity index (χ4n) is 2.51. The molecule has 19 heavy (non-hydrogen) atoms. The average molecular weight is 255 g/mol. The summed E-state index contributed by atoms with van der Waals surface area (Å²) in [5, 5.41) is 7.38. The SMILES string of the molecule is O=C1NCCCC1NCc1ccnc2ccccc12. The van der Waals surface area contributed by atoms with Crippen LogP contribution in [0.2, 0.25) is 0 Å². The molecule has 1 fully saturated rings. The maximum atomic E-state index is 11.7. The monoisotopic (exact) mass is 255 g/mol. The fraction of sp³-hybridized carbons (Fsp3) is 0.333. The van der Waals surface area contributed by atoms with Gasteiger partial charge >= 0.3 is 0 Å². The third kappa shape index (κ3) is 2.58. The molecule has 1 atom stereocenters. The molecule has 2 N–H and O–H groups in total. The minimum Gasteiger partial charge on any atom is -0.355 e. The molecule has 1 aliphatic heterocycles. The van der Waals surface area contributed by atoms with Gasteiger partial charge in [0.2, 0.25) is 5.91 Å². The molecule has 3 rings (SSSR count). The molecule has 1 unspecified atom stereocenters. The molecule has 1 saturated heterocycles. The van der Waals surface area contributed by atoms with Crippen molar-refractivity contribution in [2.24, 2.45) is 0 Å². The van der Waals surface area contributed by atoms with Gasteiger partial charge in [-0.15, -0.1) is 0 Å². The molecule has 1 aromatic carbocycles. The van der Waals surface area contributed by atoms with Gasteiger partial charge in [-0.3, -0.25) is 9.78 Å². The van der Waals surface area contributed by atoms with Crippen molar-refractivity contribution in [1.29, 1.82) is 0 Å². The Hall–Kier alpha value is -1.94. The maximum absolute atomic E-state index is 11.7. The van der Waals surface area contributed by atoms with E-state index in [4.69, 9.17) is 0 Å². The molecule has 4 heteroatoms. The van der Waals surface area contributed by atoms with Crippen LogP contribution in [0.5, 0.6) is 0 Å². The highest BCUT2D eigenvalue weighted by molar-refractivity contribution is 5.83. The molecule has 1 aliphatic rings. The smallest absolute Gasteiger partial charge is 0.237 e. The van der Waals surface area contributed by atoms with Crippen molar-refractivity contribution >= 4 is 16.8 Å². The summed E-state index contributed by atoms with van der Waals surface area (Å²) in [5.74, 6) is 0.115. The highest BCUT2D eigenvalue weighted by Crippen LogP contribution is 2.16. The molecule has 1 aromatic heterocycles. The summed E-state index contributed by atoms with van der Waals surface area (Å²) in [7, 11) is 0. The van der Waals surface area contributed by atoms with Crippen molar-refractivity contribution < 1.29 is 4.79 Å². The average Bonchev–Trinajstić information content (AvgIpc) is 2.46. The third-order valence-electron chi connectivity index (χ3n) is 3.56. The summed E-state index contributed by atoms with van der Waals surface area (Å²) in [6.07, 6.45) is 3.77. The number of hydrogen-bond donors (Lipinski definition) is 2. The molecule has 98 valence electrons. The van der Waals surface area contributed by atoms with Crippen LogP contribution in [0.15, 0.2) is 36.5 Å². The van der Waals surface area contributed by atoms with E-state index in [1.807, 2.05) is 30.5 Å². The minimum atomic E-state index is -0.0688. The Morgan fingerprint density at radius 3 is 3.11 bits per heavy atom. The summed E-state index contributed by atoms with van der Waals surface area (Å²) < 4.78 is 0. The molecule has 0 saturated carbocycles. The Bertz CT molecular complexity index is 591. The number of aromatic nitrogens is 1. The van der Waals surface area contributed by atoms with E-state index in [1.54, 1.807) is 0 Å². The lowest BCUT2D eigenvalue weighted by atomic mass is 10.1. The van der Waals surface area contributed by atoms with Crippen LogP contribution in [0.1, 0.15) is 18.4 Å². The van der Waals surface area contributed by atoms with Crippen molar-refractivity contribution in [3.63, 3.8) is 0 Å². The summed E-state index contributed by atoms with van der Waals surface area (Å²) in [5.41, 5.74) is 2.18. The second-order valence-electron chi connectivity index (χ2n) is 4.85. The van der Waals surface area contributed by atoms with E-state index in [9.17, 15) is 4.79 Å². The van der Waals surface area contributed by atoms with E-state index in [-0.39, 0.29) is 11.9 Å². The fourth-order valence-corrected chi connectivity index (χ4v) is 2.51. The molecular weight excluding hydrogens is 238 g/mol. The Morgan fingerprint density at radius 1 is 1.32 bits per heavy atom. The normalized spacial score (nSPS) is 19.4. The number of amides is 1. The molecule has 2 heterocycles. The molecule has 4 nitrogen and oxygen atoms in total. The number of nitrogens with zero attached hydrogens (tertiary/aromatic N) is 1. The van der Waals surface area contributed by atoms with Gasteiger partial charge in [-0.1, -0.05) is 18.2 Å². The Kier molecular flexibility index (Phi) is 3.42. The predicted molar refractivity (Wildman–Crippen MR) is 74.6 cm³/mol. The van der Waals surface area contributed by atoms with Gasteiger partial charge in [-0.25, -0.2) is 0 Å². The van der Waals surface area contributed by atoms with Crippen LogP contribution in [-0.2, 0) is 11.3 Å². The first kappa shape index (κ1) is 12.1. The zero-order valence-electron chi connectivity index (χ0n) is 10.7. The largest absolute Gasteiger partial charge is 0.355 e. The van der Waals surface area contributed by atoms with Crippen LogP contribution in [0.25, 0.3) is 10.9 Å². The van der Waals surface area contributed by atoms with E-state index in [1.165, 1.54) is 5.56 Å². The number of benzene rings is 1. The van der Waals surface area contributed by atoms with Crippen LogP contribution >= 0.6 is 0 Å². The highest BCUT2D eigenvalue weighted by Gasteiger charge is 2.21. The number of nitrogens with one attached hydrogen (secondary N) is 2. The van der Waals surface area contributed by atoms with Gasteiger partial charge in [0, 0.05) is 24.7 Å². The maximum Gasteiger partial charge on any atom is 0.237 e. The topological polar surface area (TPSA) is 54.0 Å².